The maximum atomic E-state index is 14.0. The minimum Gasteiger partial charge on any atom is -0.266 e. The van der Waals surface area contributed by atoms with Gasteiger partial charge in [-0.3, -0.25) is 4.79 Å². The van der Waals surface area contributed by atoms with Crippen molar-refractivity contribution in [2.24, 2.45) is 0 Å². The molecule has 0 aliphatic rings. The van der Waals surface area contributed by atoms with Gasteiger partial charge in [0, 0.05) is 10.2 Å². The Labute approximate surface area is 162 Å². The molecule has 2 aromatic carbocycles. The number of carbonyl (C=O) groups is 1. The minimum atomic E-state index is -4.17. The minimum absolute atomic E-state index is 0.130. The van der Waals surface area contributed by atoms with Crippen molar-refractivity contribution in [2.45, 2.75) is 11.8 Å². The maximum Gasteiger partial charge on any atom is 0.285 e. The molecular weight excluding hydrogens is 444 g/mol. The topological polar surface area (TPSA) is 81.1 Å². The van der Waals surface area contributed by atoms with Crippen LogP contribution in [0.3, 0.4) is 0 Å². The van der Waals surface area contributed by atoms with E-state index in [2.05, 4.69) is 21.0 Å². The van der Waals surface area contributed by atoms with Crippen LogP contribution in [0.15, 0.2) is 57.9 Å². The molecule has 3 rings (SSSR count). The molecule has 6 nitrogen and oxygen atoms in total. The van der Waals surface area contributed by atoms with E-state index in [4.69, 9.17) is 0 Å². The van der Waals surface area contributed by atoms with Gasteiger partial charge in [-0.1, -0.05) is 18.2 Å². The lowest BCUT2D eigenvalue weighted by molar-refractivity contribution is 0.0976. The highest BCUT2D eigenvalue weighted by Crippen LogP contribution is 2.22. The quantitative estimate of drug-likeness (QED) is 0.653. The number of para-hydroxylation sites is 1. The van der Waals surface area contributed by atoms with E-state index < -0.39 is 33.3 Å². The number of sulfonamides is 1. The van der Waals surface area contributed by atoms with Crippen molar-refractivity contribution < 1.29 is 22.0 Å². The molecule has 10 heteroatoms. The Morgan fingerprint density at radius 2 is 1.74 bits per heavy atom. The number of aryl methyl sites for hydroxylation is 1. The molecule has 0 unspecified atom stereocenters. The van der Waals surface area contributed by atoms with Crippen molar-refractivity contribution in [1.82, 2.24) is 14.5 Å². The number of nitrogens with one attached hydrogen (secondary N) is 1. The molecule has 0 saturated carbocycles. The van der Waals surface area contributed by atoms with Crippen LogP contribution in [0, 0.1) is 18.6 Å². The summed E-state index contributed by atoms with van der Waals surface area (Å²) < 4.78 is 55.8. The Morgan fingerprint density at radius 3 is 2.37 bits per heavy atom. The zero-order chi connectivity index (χ0) is 19.8. The fraction of sp³-hybridized carbons (Fsp3) is 0.0588. The molecular formula is C17H12BrF2N3O3S. The molecule has 1 aromatic heterocycles. The summed E-state index contributed by atoms with van der Waals surface area (Å²) >= 11 is 3.11. The molecule has 1 heterocycles. The highest BCUT2D eigenvalue weighted by Gasteiger charge is 2.24. The highest BCUT2D eigenvalue weighted by atomic mass is 79.9. The first kappa shape index (κ1) is 19.2. The predicted octanol–water partition coefficient (Wildman–Crippen LogP) is 3.34. The Morgan fingerprint density at radius 1 is 1.11 bits per heavy atom. The Balaban J connectivity index is 1.95. The van der Waals surface area contributed by atoms with Gasteiger partial charge in [-0.25, -0.2) is 26.6 Å². The van der Waals surface area contributed by atoms with Crippen molar-refractivity contribution in [1.29, 1.82) is 0 Å². The van der Waals surface area contributed by atoms with E-state index in [9.17, 15) is 22.0 Å². The van der Waals surface area contributed by atoms with Crippen molar-refractivity contribution in [3.8, 4) is 5.69 Å². The van der Waals surface area contributed by atoms with Crippen molar-refractivity contribution in [2.75, 3.05) is 0 Å². The summed E-state index contributed by atoms with van der Waals surface area (Å²) in [5.74, 6) is -2.76. The molecule has 0 radical (unpaired) electrons. The number of hydrogen-bond donors (Lipinski definition) is 1. The van der Waals surface area contributed by atoms with Gasteiger partial charge in [0.05, 0.1) is 0 Å². The summed E-state index contributed by atoms with van der Waals surface area (Å²) in [5, 5.41) is 3.85. The summed E-state index contributed by atoms with van der Waals surface area (Å²) in [6, 6.07) is 10.5. The lowest BCUT2D eigenvalue weighted by Gasteiger charge is -2.08. The molecule has 1 amide bonds. The van der Waals surface area contributed by atoms with Crippen LogP contribution in [-0.2, 0) is 10.0 Å². The van der Waals surface area contributed by atoms with Crippen LogP contribution >= 0.6 is 15.9 Å². The standard InChI is InChI=1S/C17H12BrF2N3O3S/c1-10-9-14(21-23(10)16-12(19)6-4-7-13(16)20)17(24)22-27(25,26)15-8-3-2-5-11(15)18/h2-9H,1H3,(H,22,24). The average molecular weight is 456 g/mol. The SMILES string of the molecule is Cc1cc(C(=O)NS(=O)(=O)c2ccccc2Br)nn1-c1c(F)cccc1F. The van der Waals surface area contributed by atoms with Crippen LogP contribution in [0.1, 0.15) is 16.2 Å². The normalized spacial score (nSPS) is 11.4. The van der Waals surface area contributed by atoms with E-state index in [-0.39, 0.29) is 20.8 Å². The maximum absolute atomic E-state index is 14.0. The van der Waals surface area contributed by atoms with Gasteiger partial charge in [-0.2, -0.15) is 5.10 Å². The van der Waals surface area contributed by atoms with Crippen LogP contribution in [0.2, 0.25) is 0 Å². The molecule has 3 aromatic rings. The van der Waals surface area contributed by atoms with Crippen molar-refractivity contribution in [3.05, 3.63) is 76.0 Å². The van der Waals surface area contributed by atoms with E-state index in [0.717, 1.165) is 16.8 Å². The highest BCUT2D eigenvalue weighted by molar-refractivity contribution is 9.10. The van der Waals surface area contributed by atoms with Crippen LogP contribution in [0.5, 0.6) is 0 Å². The molecule has 1 N–H and O–H groups in total. The average Bonchev–Trinajstić information content (AvgIpc) is 2.96. The Kier molecular flexibility index (Phi) is 5.11. The first-order valence-electron chi connectivity index (χ1n) is 7.53. The number of hydrogen-bond acceptors (Lipinski definition) is 4. The number of carbonyl (C=O) groups excluding carboxylic acids is 1. The first-order valence-corrected chi connectivity index (χ1v) is 9.81. The molecule has 0 aliphatic carbocycles. The van der Waals surface area contributed by atoms with Crippen LogP contribution in [-0.4, -0.2) is 24.1 Å². The summed E-state index contributed by atoms with van der Waals surface area (Å²) in [6.07, 6.45) is 0. The van der Waals surface area contributed by atoms with E-state index in [1.165, 1.54) is 37.3 Å². The fourth-order valence-corrected chi connectivity index (χ4v) is 4.36. The van der Waals surface area contributed by atoms with Gasteiger partial charge < -0.3 is 0 Å². The molecule has 0 saturated heterocycles. The Hall–Kier alpha value is -2.59. The first-order chi connectivity index (χ1) is 12.7. The van der Waals surface area contributed by atoms with Crippen molar-refractivity contribution in [3.63, 3.8) is 0 Å². The summed E-state index contributed by atoms with van der Waals surface area (Å²) in [5.41, 5.74) is -0.504. The second-order valence-corrected chi connectivity index (χ2v) is 8.02. The Bertz CT molecular complexity index is 1130. The van der Waals surface area contributed by atoms with E-state index >= 15 is 0 Å². The number of halogens is 3. The molecule has 27 heavy (non-hydrogen) atoms. The monoisotopic (exact) mass is 455 g/mol. The van der Waals surface area contributed by atoms with Gasteiger partial charge in [0.15, 0.2) is 17.3 Å². The van der Waals surface area contributed by atoms with Crippen LogP contribution in [0.25, 0.3) is 5.69 Å². The second-order valence-electron chi connectivity index (χ2n) is 5.52. The third-order valence-electron chi connectivity index (χ3n) is 3.62. The van der Waals surface area contributed by atoms with E-state index in [1.807, 2.05) is 4.72 Å². The molecule has 0 spiro atoms. The van der Waals surface area contributed by atoms with Crippen molar-refractivity contribution >= 4 is 31.9 Å². The molecule has 0 fully saturated rings. The smallest absolute Gasteiger partial charge is 0.266 e. The van der Waals surface area contributed by atoms with Gasteiger partial charge >= 0.3 is 0 Å². The third kappa shape index (κ3) is 3.76. The molecule has 140 valence electrons. The van der Waals surface area contributed by atoms with Gasteiger partial charge in [-0.15, -0.1) is 0 Å². The van der Waals surface area contributed by atoms with Crippen LogP contribution < -0.4 is 4.72 Å². The number of amides is 1. The van der Waals surface area contributed by atoms with Gasteiger partial charge in [-0.05, 0) is 53.2 Å². The van der Waals surface area contributed by atoms with Gasteiger partial charge in [0.1, 0.15) is 10.6 Å². The third-order valence-corrected chi connectivity index (χ3v) is 5.97. The molecule has 0 aliphatic heterocycles. The summed E-state index contributed by atoms with van der Waals surface area (Å²) in [4.78, 5) is 12.2. The number of rotatable bonds is 4. The largest absolute Gasteiger partial charge is 0.285 e. The number of benzene rings is 2. The van der Waals surface area contributed by atoms with E-state index in [1.54, 1.807) is 6.07 Å². The lowest BCUT2D eigenvalue weighted by Crippen LogP contribution is -2.31. The molecule has 0 atom stereocenters. The zero-order valence-electron chi connectivity index (χ0n) is 13.8. The van der Waals surface area contributed by atoms with Gasteiger partial charge in [0.25, 0.3) is 15.9 Å². The summed E-state index contributed by atoms with van der Waals surface area (Å²) in [7, 11) is -4.17. The van der Waals surface area contributed by atoms with Gasteiger partial charge in [0.2, 0.25) is 0 Å². The second kappa shape index (κ2) is 7.20. The number of nitrogens with zero attached hydrogens (tertiary/aromatic N) is 2. The van der Waals surface area contributed by atoms with E-state index in [0.29, 0.717) is 0 Å². The molecule has 0 bridgehead atoms. The fourth-order valence-electron chi connectivity index (χ4n) is 2.40. The summed E-state index contributed by atoms with van der Waals surface area (Å²) in [6.45, 7) is 1.48. The number of aromatic nitrogens is 2. The van der Waals surface area contributed by atoms with Crippen LogP contribution in [0.4, 0.5) is 8.78 Å². The zero-order valence-corrected chi connectivity index (χ0v) is 16.2. The predicted molar refractivity (Wildman–Crippen MR) is 97.0 cm³/mol. The lowest BCUT2D eigenvalue weighted by atomic mass is 10.3.